The number of hydrogen-bond acceptors (Lipinski definition) is 4. The monoisotopic (exact) mass is 416 g/mol. The maximum atomic E-state index is 12.4. The number of aliphatic imine (C=N–C) groups is 1. The Kier molecular flexibility index (Phi) is 8.94. The number of allylic oxidation sites excluding steroid dienone is 2. The maximum Gasteiger partial charge on any atom is 0.258 e. The Bertz CT molecular complexity index is 1020. The van der Waals surface area contributed by atoms with Gasteiger partial charge in [-0.1, -0.05) is 49.8 Å². The Labute approximate surface area is 185 Å². The lowest BCUT2D eigenvalue weighted by molar-refractivity contribution is -0.112. The molecule has 0 bridgehead atoms. The number of nitrogens with zero attached hydrogens (tertiary/aromatic N) is 1. The van der Waals surface area contributed by atoms with Crippen LogP contribution in [0.2, 0.25) is 0 Å². The van der Waals surface area contributed by atoms with Crippen molar-refractivity contribution in [1.29, 1.82) is 5.41 Å². The van der Waals surface area contributed by atoms with Gasteiger partial charge in [0.1, 0.15) is 0 Å². The van der Waals surface area contributed by atoms with Crippen LogP contribution in [0.5, 0.6) is 0 Å². The number of aryl methyl sites for hydroxylation is 1. The van der Waals surface area contributed by atoms with Gasteiger partial charge < -0.3 is 16.5 Å². The molecule has 0 heterocycles. The molecule has 1 atom stereocenters. The number of unbranched alkanes of at least 4 members (excludes halogenated alkanes) is 1. The number of nitrogens with two attached hydrogens (primary N) is 1. The van der Waals surface area contributed by atoms with Crippen LogP contribution in [-0.4, -0.2) is 18.3 Å². The summed E-state index contributed by atoms with van der Waals surface area (Å²) in [6.45, 7) is 8.33. The second-order valence-electron chi connectivity index (χ2n) is 7.37. The first-order chi connectivity index (χ1) is 15.0. The third-order valence-electron chi connectivity index (χ3n) is 5.25. The van der Waals surface area contributed by atoms with E-state index in [-0.39, 0.29) is 11.5 Å². The molecule has 5 nitrogen and oxygen atoms in total. The second kappa shape index (κ2) is 11.6. The minimum atomic E-state index is -0.411. The first-order valence-corrected chi connectivity index (χ1v) is 10.5. The summed E-state index contributed by atoms with van der Waals surface area (Å²) in [5.74, 6) is -0.474. The summed E-state index contributed by atoms with van der Waals surface area (Å²) in [4.78, 5) is 17.1. The predicted molar refractivity (Wildman–Crippen MR) is 131 cm³/mol. The maximum absolute atomic E-state index is 12.4. The molecular weight excluding hydrogens is 384 g/mol. The predicted octanol–water partition coefficient (Wildman–Crippen LogP) is 5.64. The lowest BCUT2D eigenvalue weighted by atomic mass is 9.84. The first-order valence-electron chi connectivity index (χ1n) is 10.5. The molecule has 2 aromatic rings. The quantitative estimate of drug-likeness (QED) is 0.364. The van der Waals surface area contributed by atoms with E-state index in [1.165, 1.54) is 16.7 Å². The number of amides is 1. The highest BCUT2D eigenvalue weighted by molar-refractivity contribution is 6.17. The average Bonchev–Trinajstić information content (AvgIpc) is 2.76. The molecule has 0 saturated carbocycles. The second-order valence-corrected chi connectivity index (χ2v) is 7.37. The minimum absolute atomic E-state index is 0.0632. The van der Waals surface area contributed by atoms with E-state index >= 15 is 0 Å². The Balaban J connectivity index is 2.60. The molecule has 0 aliphatic rings. The van der Waals surface area contributed by atoms with Gasteiger partial charge in [-0.15, -0.1) is 0 Å². The van der Waals surface area contributed by atoms with Crippen LogP contribution in [0, 0.1) is 19.3 Å². The van der Waals surface area contributed by atoms with Crippen molar-refractivity contribution in [2.24, 2.45) is 10.7 Å². The number of rotatable bonds is 9. The summed E-state index contributed by atoms with van der Waals surface area (Å²) < 4.78 is 0. The van der Waals surface area contributed by atoms with Gasteiger partial charge in [-0.05, 0) is 61.6 Å². The van der Waals surface area contributed by atoms with Gasteiger partial charge in [-0.3, -0.25) is 9.79 Å². The van der Waals surface area contributed by atoms with E-state index in [2.05, 4.69) is 56.4 Å². The molecule has 1 amide bonds. The van der Waals surface area contributed by atoms with Crippen molar-refractivity contribution in [1.82, 2.24) is 0 Å². The molecule has 0 aliphatic carbocycles. The van der Waals surface area contributed by atoms with Crippen molar-refractivity contribution >= 4 is 24.0 Å². The fourth-order valence-corrected chi connectivity index (χ4v) is 3.47. The van der Waals surface area contributed by atoms with Gasteiger partial charge in [0, 0.05) is 30.0 Å². The molecule has 162 valence electrons. The Morgan fingerprint density at radius 3 is 2.61 bits per heavy atom. The molecule has 2 aromatic carbocycles. The average molecular weight is 417 g/mol. The van der Waals surface area contributed by atoms with Crippen molar-refractivity contribution < 1.29 is 4.79 Å². The molecule has 1 unspecified atom stereocenters. The minimum Gasteiger partial charge on any atom is -0.404 e. The normalized spacial score (nSPS) is 13.3. The number of nitrogens with one attached hydrogen (secondary N) is 2. The number of benzene rings is 2. The fraction of sp³-hybridized carbons (Fsp3) is 0.269. The van der Waals surface area contributed by atoms with E-state index in [9.17, 15) is 4.79 Å². The number of carbonyl (C=O) groups excluding carboxylic acids is 1. The van der Waals surface area contributed by atoms with Crippen LogP contribution < -0.4 is 11.1 Å². The largest absolute Gasteiger partial charge is 0.404 e. The summed E-state index contributed by atoms with van der Waals surface area (Å²) in [5.41, 5.74) is 11.9. The molecule has 0 aromatic heterocycles. The molecule has 4 N–H and O–H groups in total. The van der Waals surface area contributed by atoms with Crippen LogP contribution >= 0.6 is 0 Å². The number of carbonyl (C=O) groups is 1. The molecule has 0 fully saturated rings. The summed E-state index contributed by atoms with van der Waals surface area (Å²) in [6.07, 6.45) is 8.08. The Morgan fingerprint density at radius 2 is 1.97 bits per heavy atom. The van der Waals surface area contributed by atoms with E-state index < -0.39 is 5.91 Å². The van der Waals surface area contributed by atoms with Gasteiger partial charge in [-0.2, -0.15) is 0 Å². The molecule has 5 heteroatoms. The first kappa shape index (κ1) is 23.8. The molecular formula is C26H32N4O. The Morgan fingerprint density at radius 1 is 1.23 bits per heavy atom. The summed E-state index contributed by atoms with van der Waals surface area (Å²) >= 11 is 0. The summed E-state index contributed by atoms with van der Waals surface area (Å²) in [5, 5.41) is 10.2. The van der Waals surface area contributed by atoms with E-state index in [1.54, 1.807) is 0 Å². The lowest BCUT2D eigenvalue weighted by Crippen LogP contribution is -2.16. The van der Waals surface area contributed by atoms with Gasteiger partial charge in [0.15, 0.2) is 0 Å². The van der Waals surface area contributed by atoms with Crippen molar-refractivity contribution in [2.75, 3.05) is 5.32 Å². The van der Waals surface area contributed by atoms with E-state index in [0.29, 0.717) is 5.69 Å². The number of hydrogen-bond donors (Lipinski definition) is 3. The third kappa shape index (κ3) is 6.01. The molecule has 0 spiro atoms. The molecule has 2 rings (SSSR count). The van der Waals surface area contributed by atoms with Crippen LogP contribution in [0.15, 0.2) is 71.0 Å². The SMILES string of the molecule is CC=N/C(=C\CCC)C(c1cccc(NC(=O)/C(C=N)=C/N)c1)c1cccc(C)c1C. The van der Waals surface area contributed by atoms with Crippen molar-refractivity contribution in [3.05, 3.63) is 88.3 Å². The molecule has 0 aliphatic heterocycles. The zero-order valence-electron chi connectivity index (χ0n) is 18.8. The van der Waals surface area contributed by atoms with Gasteiger partial charge in [0.05, 0.1) is 11.5 Å². The van der Waals surface area contributed by atoms with Gasteiger partial charge >= 0.3 is 0 Å². The van der Waals surface area contributed by atoms with Crippen LogP contribution in [0.3, 0.4) is 0 Å². The van der Waals surface area contributed by atoms with Crippen molar-refractivity contribution in [3.8, 4) is 0 Å². The topological polar surface area (TPSA) is 91.3 Å². The van der Waals surface area contributed by atoms with Crippen LogP contribution in [-0.2, 0) is 4.79 Å². The van der Waals surface area contributed by atoms with Crippen LogP contribution in [0.1, 0.15) is 54.9 Å². The number of anilines is 1. The van der Waals surface area contributed by atoms with Gasteiger partial charge in [0.2, 0.25) is 0 Å². The highest BCUT2D eigenvalue weighted by atomic mass is 16.1. The van der Waals surface area contributed by atoms with E-state index in [4.69, 9.17) is 16.1 Å². The smallest absolute Gasteiger partial charge is 0.258 e. The fourth-order valence-electron chi connectivity index (χ4n) is 3.47. The lowest BCUT2D eigenvalue weighted by Gasteiger charge is -2.23. The summed E-state index contributed by atoms with van der Waals surface area (Å²) in [6, 6.07) is 14.1. The van der Waals surface area contributed by atoms with Crippen molar-refractivity contribution in [3.63, 3.8) is 0 Å². The van der Waals surface area contributed by atoms with Gasteiger partial charge in [-0.25, -0.2) is 0 Å². The zero-order chi connectivity index (χ0) is 22.8. The van der Waals surface area contributed by atoms with Crippen LogP contribution in [0.25, 0.3) is 0 Å². The molecule has 0 radical (unpaired) electrons. The van der Waals surface area contributed by atoms with Crippen molar-refractivity contribution in [2.45, 2.75) is 46.5 Å². The standard InChI is InChI=1S/C26H32N4O/c1-5-7-14-24(29-6-2)25(23-13-8-10-18(3)19(23)4)20-11-9-12-22(15-20)30-26(31)21(16-27)17-28/h6,8-17,25,27H,5,7,28H2,1-4H3,(H,30,31)/b21-17+,24-14-,27-16?,29-6?. The van der Waals surface area contributed by atoms with Gasteiger partial charge in [0.25, 0.3) is 5.91 Å². The van der Waals surface area contributed by atoms with E-state index in [0.717, 1.165) is 36.5 Å². The van der Waals surface area contributed by atoms with Crippen LogP contribution in [0.4, 0.5) is 5.69 Å². The third-order valence-corrected chi connectivity index (χ3v) is 5.25. The highest BCUT2D eigenvalue weighted by Crippen LogP contribution is 2.36. The Hall–Kier alpha value is -3.47. The summed E-state index contributed by atoms with van der Waals surface area (Å²) in [7, 11) is 0. The highest BCUT2D eigenvalue weighted by Gasteiger charge is 2.22. The van der Waals surface area contributed by atoms with E-state index in [1.807, 2.05) is 31.3 Å². The zero-order valence-corrected chi connectivity index (χ0v) is 18.8. The molecule has 0 saturated heterocycles. The molecule has 31 heavy (non-hydrogen) atoms.